The topological polar surface area (TPSA) is 20.2 Å². The fourth-order valence-corrected chi connectivity index (χ4v) is 0.761. The van der Waals surface area contributed by atoms with Gasteiger partial charge in [-0.05, 0) is 0 Å². The molecule has 0 bridgehead atoms. The first kappa shape index (κ1) is 6.77. The van der Waals surface area contributed by atoms with Crippen molar-refractivity contribution in [2.45, 2.75) is 11.4 Å². The first-order chi connectivity index (χ1) is 2.81. The van der Waals surface area contributed by atoms with Crippen LogP contribution in [0.5, 0.6) is 0 Å². The van der Waals surface area contributed by atoms with Crippen LogP contribution in [0.4, 0.5) is 0 Å². The van der Waals surface area contributed by atoms with Crippen molar-refractivity contribution in [3.8, 4) is 0 Å². The molecule has 0 radical (unpaired) electrons. The van der Waals surface area contributed by atoms with Gasteiger partial charge >= 0.3 is 50.0 Å². The van der Waals surface area contributed by atoms with E-state index in [9.17, 15) is 0 Å². The van der Waals surface area contributed by atoms with Crippen LogP contribution < -0.4 is 0 Å². The number of rotatable bonds is 2. The van der Waals surface area contributed by atoms with Gasteiger partial charge in [0.2, 0.25) is 0 Å². The molecular formula is C3H7ClOSe. The Hall–Kier alpha value is 0.769. The van der Waals surface area contributed by atoms with Crippen LogP contribution in [-0.4, -0.2) is 33.1 Å². The minimum atomic E-state index is -0.327. The van der Waals surface area contributed by atoms with Crippen molar-refractivity contribution in [3.63, 3.8) is 0 Å². The van der Waals surface area contributed by atoms with Crippen LogP contribution in [0, 0.1) is 0 Å². The maximum absolute atomic E-state index is 8.52. The van der Waals surface area contributed by atoms with Crippen molar-refractivity contribution in [2.24, 2.45) is 0 Å². The van der Waals surface area contributed by atoms with Crippen LogP contribution in [0.25, 0.3) is 0 Å². The van der Waals surface area contributed by atoms with Crippen molar-refractivity contribution in [1.82, 2.24) is 0 Å². The van der Waals surface area contributed by atoms with E-state index >= 15 is 0 Å². The fraction of sp³-hybridized carbons (Fsp3) is 1.00. The zero-order chi connectivity index (χ0) is 4.99. The molecule has 0 fully saturated rings. The Bertz CT molecular complexity index is 30.0. The van der Waals surface area contributed by atoms with Crippen molar-refractivity contribution in [3.05, 3.63) is 0 Å². The summed E-state index contributed by atoms with van der Waals surface area (Å²) in [5.74, 6) is 0.342. The van der Waals surface area contributed by atoms with Gasteiger partial charge in [-0.1, -0.05) is 0 Å². The third-order valence-corrected chi connectivity index (χ3v) is 1.63. The number of aliphatic hydroxyl groups is 1. The molecule has 0 saturated carbocycles. The average Bonchev–Trinajstić information content (AvgIpc) is 1.65. The second-order valence-electron chi connectivity index (χ2n) is 0.991. The molecule has 0 spiro atoms. The molecular weight excluding hydrogens is 166 g/mol. The molecule has 1 atom stereocenters. The van der Waals surface area contributed by atoms with Gasteiger partial charge in [-0.25, -0.2) is 0 Å². The molecule has 1 N–H and O–H groups in total. The Morgan fingerprint density at radius 3 is 2.33 bits per heavy atom. The molecule has 0 aromatic carbocycles. The Kier molecular flexibility index (Phi) is 4.45. The summed E-state index contributed by atoms with van der Waals surface area (Å²) in [6.07, 6.45) is -0.327. The van der Waals surface area contributed by atoms with E-state index in [0.717, 1.165) is 0 Å². The molecule has 1 nitrogen and oxygen atoms in total. The van der Waals surface area contributed by atoms with Crippen LogP contribution in [0.2, 0.25) is 5.32 Å². The van der Waals surface area contributed by atoms with Crippen molar-refractivity contribution in [2.75, 3.05) is 5.88 Å². The van der Waals surface area contributed by atoms with E-state index in [1.807, 2.05) is 0 Å². The van der Waals surface area contributed by atoms with Crippen LogP contribution in [-0.2, 0) is 0 Å². The number of halogens is 1. The molecule has 0 aromatic rings. The van der Waals surface area contributed by atoms with Gasteiger partial charge < -0.3 is 0 Å². The van der Waals surface area contributed by atoms with Gasteiger partial charge in [-0.3, -0.25) is 0 Å². The molecule has 0 heterocycles. The van der Waals surface area contributed by atoms with E-state index < -0.39 is 0 Å². The molecule has 0 aliphatic heterocycles. The normalized spacial score (nSPS) is 14.5. The number of hydrogen-bond acceptors (Lipinski definition) is 1. The fourth-order valence-electron chi connectivity index (χ4n) is 0.0488. The van der Waals surface area contributed by atoms with Crippen LogP contribution in [0.1, 0.15) is 0 Å². The quantitative estimate of drug-likeness (QED) is 0.457. The molecule has 3 heteroatoms. The van der Waals surface area contributed by atoms with E-state index in [1.54, 1.807) is 0 Å². The third-order valence-electron chi connectivity index (χ3n) is 0.389. The molecule has 38 valence electrons. The molecule has 0 aliphatic carbocycles. The van der Waals surface area contributed by atoms with Gasteiger partial charge in [0.05, 0.1) is 0 Å². The van der Waals surface area contributed by atoms with Gasteiger partial charge in [0.25, 0.3) is 0 Å². The van der Waals surface area contributed by atoms with Gasteiger partial charge in [-0.15, -0.1) is 0 Å². The summed E-state index contributed by atoms with van der Waals surface area (Å²) in [5, 5.41) is 9.21. The molecule has 6 heavy (non-hydrogen) atoms. The zero-order valence-corrected chi connectivity index (χ0v) is 5.90. The number of hydrogen-bond donors (Lipinski definition) is 1. The molecule has 0 saturated heterocycles. The predicted octanol–water partition coefficient (Wildman–Crippen LogP) is -0.0948. The van der Waals surface area contributed by atoms with E-state index in [2.05, 4.69) is 16.0 Å². The van der Waals surface area contributed by atoms with Crippen molar-refractivity contribution < 1.29 is 5.11 Å². The van der Waals surface area contributed by atoms with Crippen LogP contribution in [0.15, 0.2) is 0 Å². The minimum absolute atomic E-state index is 0.327. The maximum atomic E-state index is 8.52. The Morgan fingerprint density at radius 1 is 1.83 bits per heavy atom. The molecule has 0 rings (SSSR count). The molecule has 0 aliphatic rings. The molecule has 0 amide bonds. The monoisotopic (exact) mass is 174 g/mol. The summed E-state index contributed by atoms with van der Waals surface area (Å²) in [4.78, 5) is 0. The second-order valence-corrected chi connectivity index (χ2v) is 2.07. The van der Waals surface area contributed by atoms with Crippen LogP contribution in [0.3, 0.4) is 0 Å². The van der Waals surface area contributed by atoms with E-state index in [4.69, 9.17) is 16.7 Å². The summed E-state index contributed by atoms with van der Waals surface area (Å²) >= 11 is 7.47. The standard InChI is InChI=1S/C3H7ClOSe/c4-1-3(5)2-6/h3,5-6H,1-2H2/t3-/m1/s1. The Labute approximate surface area is 50.5 Å². The molecule has 0 unspecified atom stereocenters. The first-order valence-electron chi connectivity index (χ1n) is 1.66. The predicted molar refractivity (Wildman–Crippen MR) is 28.7 cm³/mol. The zero-order valence-electron chi connectivity index (χ0n) is 3.26. The first-order valence-corrected chi connectivity index (χ1v) is 3.52. The van der Waals surface area contributed by atoms with Gasteiger partial charge in [-0.2, -0.15) is 0 Å². The van der Waals surface area contributed by atoms with Crippen molar-refractivity contribution >= 4 is 27.6 Å². The summed E-state index contributed by atoms with van der Waals surface area (Å²) in [5.41, 5.74) is 0. The number of alkyl halides is 1. The Morgan fingerprint density at radius 2 is 2.33 bits per heavy atom. The van der Waals surface area contributed by atoms with Gasteiger partial charge in [0.15, 0.2) is 0 Å². The molecule has 0 aromatic heterocycles. The summed E-state index contributed by atoms with van der Waals surface area (Å²) in [7, 11) is 0. The summed E-state index contributed by atoms with van der Waals surface area (Å²) in [6.45, 7) is 0. The van der Waals surface area contributed by atoms with Crippen molar-refractivity contribution in [1.29, 1.82) is 0 Å². The SMILES string of the molecule is O[C@H](CCl)C[SeH]. The van der Waals surface area contributed by atoms with E-state index in [0.29, 0.717) is 11.2 Å². The summed E-state index contributed by atoms with van der Waals surface area (Å²) in [6, 6.07) is 0. The van der Waals surface area contributed by atoms with Crippen LogP contribution >= 0.6 is 11.6 Å². The van der Waals surface area contributed by atoms with Gasteiger partial charge in [0.1, 0.15) is 0 Å². The average molecular weight is 174 g/mol. The van der Waals surface area contributed by atoms with E-state index in [-0.39, 0.29) is 6.10 Å². The van der Waals surface area contributed by atoms with Gasteiger partial charge in [0, 0.05) is 0 Å². The number of aliphatic hydroxyl groups excluding tert-OH is 1. The Balaban J connectivity index is 2.75. The van der Waals surface area contributed by atoms with E-state index in [1.165, 1.54) is 0 Å². The third kappa shape index (κ3) is 2.98. The summed E-state index contributed by atoms with van der Waals surface area (Å²) < 4.78 is 0. The second kappa shape index (κ2) is 3.94.